The van der Waals surface area contributed by atoms with Crippen molar-refractivity contribution < 1.29 is 24.5 Å². The molecule has 0 heterocycles. The van der Waals surface area contributed by atoms with Gasteiger partial charge in [-0.25, -0.2) is 9.59 Å². The van der Waals surface area contributed by atoms with Crippen LogP contribution in [0.15, 0.2) is 54.6 Å². The minimum Gasteiger partial charge on any atom is -0.480 e. The predicted octanol–water partition coefficient (Wildman–Crippen LogP) is 3.40. The number of rotatable bonds is 6. The van der Waals surface area contributed by atoms with Gasteiger partial charge in [-0.2, -0.15) is 0 Å². The Kier molecular flexibility index (Phi) is 6.36. The number of hydrogen-bond acceptors (Lipinski definition) is 4. The normalized spacial score (nSPS) is 13.1. The van der Waals surface area contributed by atoms with Crippen molar-refractivity contribution in [3.63, 3.8) is 0 Å². The summed E-state index contributed by atoms with van der Waals surface area (Å²) >= 11 is 0. The summed E-state index contributed by atoms with van der Waals surface area (Å²) in [5.41, 5.74) is 2.26. The number of aliphatic hydroxyl groups excluding tert-OH is 1. The Morgan fingerprint density at radius 1 is 0.962 bits per heavy atom. The van der Waals surface area contributed by atoms with Crippen LogP contribution < -0.4 is 4.90 Å². The van der Waals surface area contributed by atoms with Gasteiger partial charge >= 0.3 is 12.1 Å². The molecule has 6 heteroatoms. The molecule has 0 aliphatic heterocycles. The highest BCUT2D eigenvalue weighted by Gasteiger charge is 2.38. The monoisotopic (exact) mass is 357 g/mol. The maximum Gasteiger partial charge on any atom is 0.414 e. The number of benzene rings is 2. The highest BCUT2D eigenvalue weighted by Crippen LogP contribution is 2.27. The maximum atomic E-state index is 12.3. The van der Waals surface area contributed by atoms with E-state index in [0.717, 1.165) is 16.0 Å². The number of anilines is 1. The molecule has 0 unspecified atom stereocenters. The Hall–Kier alpha value is -2.86. The van der Waals surface area contributed by atoms with Crippen LogP contribution in [0.3, 0.4) is 0 Å². The molecule has 0 spiro atoms. The lowest BCUT2D eigenvalue weighted by atomic mass is 9.97. The first-order valence-corrected chi connectivity index (χ1v) is 8.30. The topological polar surface area (TPSA) is 87.1 Å². The Balaban J connectivity index is 2.43. The van der Waals surface area contributed by atoms with Gasteiger partial charge in [-0.05, 0) is 29.2 Å². The molecular formula is C20H23NO5. The van der Waals surface area contributed by atoms with E-state index in [1.165, 1.54) is 7.11 Å². The first-order chi connectivity index (χ1) is 12.4. The first-order valence-electron chi connectivity index (χ1n) is 8.30. The van der Waals surface area contributed by atoms with E-state index in [0.29, 0.717) is 5.69 Å². The molecule has 0 radical (unpaired) electrons. The van der Waals surface area contributed by atoms with Crippen molar-refractivity contribution in [2.24, 2.45) is 5.92 Å². The SMILES string of the molecule is COC(=O)N(c1ccc(-c2ccccc2)cc1)[C@H](C(=O)O)[C@H](O)C(C)C. The maximum absolute atomic E-state index is 12.3. The Morgan fingerprint density at radius 2 is 1.50 bits per heavy atom. The van der Waals surface area contributed by atoms with Crippen LogP contribution in [0.2, 0.25) is 0 Å². The molecular weight excluding hydrogens is 334 g/mol. The van der Waals surface area contributed by atoms with E-state index >= 15 is 0 Å². The van der Waals surface area contributed by atoms with Gasteiger partial charge in [0.05, 0.1) is 13.2 Å². The number of aliphatic carboxylic acids is 1. The zero-order valence-electron chi connectivity index (χ0n) is 15.0. The summed E-state index contributed by atoms with van der Waals surface area (Å²) in [5, 5.41) is 19.9. The van der Waals surface area contributed by atoms with Crippen molar-refractivity contribution in [1.82, 2.24) is 0 Å². The van der Waals surface area contributed by atoms with Crippen LogP contribution >= 0.6 is 0 Å². The molecule has 0 bridgehead atoms. The van der Waals surface area contributed by atoms with E-state index in [1.807, 2.05) is 30.3 Å². The fraction of sp³-hybridized carbons (Fsp3) is 0.300. The van der Waals surface area contributed by atoms with E-state index in [1.54, 1.807) is 38.1 Å². The fourth-order valence-corrected chi connectivity index (χ4v) is 2.70. The number of amides is 1. The number of carbonyl (C=O) groups excluding carboxylic acids is 1. The molecule has 138 valence electrons. The molecule has 2 atom stereocenters. The number of carboxylic acids is 1. The second-order valence-corrected chi connectivity index (χ2v) is 6.27. The molecule has 0 aliphatic rings. The largest absolute Gasteiger partial charge is 0.480 e. The lowest BCUT2D eigenvalue weighted by Crippen LogP contribution is -2.53. The lowest BCUT2D eigenvalue weighted by Gasteiger charge is -2.32. The summed E-state index contributed by atoms with van der Waals surface area (Å²) in [4.78, 5) is 25.0. The average Bonchev–Trinajstić information content (AvgIpc) is 2.65. The summed E-state index contributed by atoms with van der Waals surface area (Å²) in [6, 6.07) is 15.1. The third-order valence-corrected chi connectivity index (χ3v) is 4.16. The number of ether oxygens (including phenoxy) is 1. The van der Waals surface area contributed by atoms with E-state index < -0.39 is 24.2 Å². The van der Waals surface area contributed by atoms with Gasteiger partial charge in [-0.1, -0.05) is 56.3 Å². The third-order valence-electron chi connectivity index (χ3n) is 4.16. The molecule has 0 saturated carbocycles. The Bertz CT molecular complexity index is 743. The molecule has 6 nitrogen and oxygen atoms in total. The van der Waals surface area contributed by atoms with Gasteiger partial charge in [0.1, 0.15) is 0 Å². The molecule has 2 aromatic carbocycles. The predicted molar refractivity (Wildman–Crippen MR) is 99.0 cm³/mol. The Labute approximate surface area is 152 Å². The van der Waals surface area contributed by atoms with Crippen molar-refractivity contribution in [2.75, 3.05) is 12.0 Å². The average molecular weight is 357 g/mol. The van der Waals surface area contributed by atoms with Crippen molar-refractivity contribution in [3.8, 4) is 11.1 Å². The van der Waals surface area contributed by atoms with Crippen LogP contribution in [0, 0.1) is 5.92 Å². The second-order valence-electron chi connectivity index (χ2n) is 6.27. The van der Waals surface area contributed by atoms with Gasteiger partial charge < -0.3 is 14.9 Å². The minimum absolute atomic E-state index is 0.337. The standard InChI is InChI=1S/C20H23NO5/c1-13(2)18(22)17(19(23)24)21(20(25)26-3)16-11-9-15(10-12-16)14-7-5-4-6-8-14/h4-13,17-18,22H,1-3H3,(H,23,24)/t17-,18+/m0/s1. The van der Waals surface area contributed by atoms with Crippen LogP contribution in [0.4, 0.5) is 10.5 Å². The van der Waals surface area contributed by atoms with E-state index in [2.05, 4.69) is 0 Å². The summed E-state index contributed by atoms with van der Waals surface area (Å²) < 4.78 is 4.76. The molecule has 2 rings (SSSR count). The summed E-state index contributed by atoms with van der Waals surface area (Å²) in [6.07, 6.45) is -2.09. The molecule has 2 aromatic rings. The number of carboxylic acid groups (broad SMARTS) is 1. The van der Waals surface area contributed by atoms with Crippen LogP contribution in [0.5, 0.6) is 0 Å². The van der Waals surface area contributed by atoms with Gasteiger partial charge in [0.15, 0.2) is 6.04 Å². The minimum atomic E-state index is -1.45. The molecule has 0 fully saturated rings. The fourth-order valence-electron chi connectivity index (χ4n) is 2.70. The number of carbonyl (C=O) groups is 2. The summed E-state index contributed by atoms with van der Waals surface area (Å²) in [7, 11) is 1.17. The van der Waals surface area contributed by atoms with Crippen LogP contribution in [0.25, 0.3) is 11.1 Å². The lowest BCUT2D eigenvalue weighted by molar-refractivity contribution is -0.142. The second kappa shape index (κ2) is 8.49. The number of aliphatic hydroxyl groups is 1. The molecule has 2 N–H and O–H groups in total. The van der Waals surface area contributed by atoms with Crippen molar-refractivity contribution in [1.29, 1.82) is 0 Å². The van der Waals surface area contributed by atoms with Gasteiger partial charge in [0.25, 0.3) is 0 Å². The zero-order valence-corrected chi connectivity index (χ0v) is 15.0. The van der Waals surface area contributed by atoms with Crippen LogP contribution in [-0.4, -0.2) is 41.5 Å². The van der Waals surface area contributed by atoms with Gasteiger partial charge in [-0.3, -0.25) is 4.90 Å². The summed E-state index contributed by atoms with van der Waals surface area (Å²) in [5.74, 6) is -1.66. The van der Waals surface area contributed by atoms with Crippen LogP contribution in [-0.2, 0) is 9.53 Å². The highest BCUT2D eigenvalue weighted by atomic mass is 16.5. The molecule has 0 aliphatic carbocycles. The van der Waals surface area contributed by atoms with Gasteiger partial charge in [0, 0.05) is 5.69 Å². The van der Waals surface area contributed by atoms with E-state index in [-0.39, 0.29) is 5.92 Å². The first kappa shape index (κ1) is 19.5. The number of hydrogen-bond donors (Lipinski definition) is 2. The van der Waals surface area contributed by atoms with Gasteiger partial charge in [-0.15, -0.1) is 0 Å². The molecule has 26 heavy (non-hydrogen) atoms. The zero-order chi connectivity index (χ0) is 19.3. The number of methoxy groups -OCH3 is 1. The van der Waals surface area contributed by atoms with Crippen molar-refractivity contribution >= 4 is 17.7 Å². The third kappa shape index (κ3) is 4.21. The highest BCUT2D eigenvalue weighted by molar-refractivity contribution is 5.95. The smallest absolute Gasteiger partial charge is 0.414 e. The molecule has 0 saturated heterocycles. The van der Waals surface area contributed by atoms with E-state index in [9.17, 15) is 19.8 Å². The van der Waals surface area contributed by atoms with Crippen molar-refractivity contribution in [3.05, 3.63) is 54.6 Å². The Morgan fingerprint density at radius 3 is 1.96 bits per heavy atom. The van der Waals surface area contributed by atoms with Crippen LogP contribution in [0.1, 0.15) is 13.8 Å². The van der Waals surface area contributed by atoms with Gasteiger partial charge in [0.2, 0.25) is 0 Å². The molecule has 1 amide bonds. The summed E-state index contributed by atoms with van der Waals surface area (Å²) in [6.45, 7) is 3.38. The molecule has 0 aromatic heterocycles. The quantitative estimate of drug-likeness (QED) is 0.827. The van der Waals surface area contributed by atoms with E-state index in [4.69, 9.17) is 4.74 Å². The number of nitrogens with zero attached hydrogens (tertiary/aromatic N) is 1. The van der Waals surface area contributed by atoms with Crippen molar-refractivity contribution in [2.45, 2.75) is 26.0 Å².